The van der Waals surface area contributed by atoms with Crippen molar-refractivity contribution in [2.45, 2.75) is 76.7 Å². The third-order valence-electron chi connectivity index (χ3n) is 4.55. The maximum absolute atomic E-state index is 6.23. The molecule has 0 unspecified atom stereocenters. The highest BCUT2D eigenvalue weighted by Gasteiger charge is 2.26. The number of hydrogen-bond donors (Lipinski definition) is 2. The number of unbranched alkanes of at least 4 members (excludes halogenated alkanes) is 1. The van der Waals surface area contributed by atoms with Gasteiger partial charge in [-0.25, -0.2) is 4.98 Å². The second-order valence-electron chi connectivity index (χ2n) is 6.60. The van der Waals surface area contributed by atoms with Crippen LogP contribution < -0.4 is 15.8 Å². The van der Waals surface area contributed by atoms with Crippen LogP contribution in [0.1, 0.15) is 76.5 Å². The van der Waals surface area contributed by atoms with Gasteiger partial charge in [0.25, 0.3) is 0 Å². The van der Waals surface area contributed by atoms with Crippen LogP contribution in [-0.4, -0.2) is 22.6 Å². The SMILES string of the molecule is CCCCOc1nc(C2CCCCC2)nc(NC2CC2)c1N. The van der Waals surface area contributed by atoms with Gasteiger partial charge in [-0.3, -0.25) is 0 Å². The van der Waals surface area contributed by atoms with Crippen molar-refractivity contribution in [3.63, 3.8) is 0 Å². The molecule has 0 atom stereocenters. The van der Waals surface area contributed by atoms with Gasteiger partial charge in [0.05, 0.1) is 6.61 Å². The predicted octanol–water partition coefficient (Wildman–Crippen LogP) is 3.86. The molecule has 3 N–H and O–H groups in total. The van der Waals surface area contributed by atoms with E-state index in [0.29, 0.717) is 30.1 Å². The highest BCUT2D eigenvalue weighted by atomic mass is 16.5. The average Bonchev–Trinajstić information content (AvgIpc) is 3.36. The Morgan fingerprint density at radius 1 is 1.14 bits per heavy atom. The first-order chi connectivity index (χ1) is 10.8. The van der Waals surface area contributed by atoms with Gasteiger partial charge in [-0.2, -0.15) is 4.98 Å². The molecule has 5 heteroatoms. The van der Waals surface area contributed by atoms with E-state index in [-0.39, 0.29) is 0 Å². The molecule has 22 heavy (non-hydrogen) atoms. The molecule has 0 bridgehead atoms. The van der Waals surface area contributed by atoms with E-state index in [1.165, 1.54) is 44.9 Å². The summed E-state index contributed by atoms with van der Waals surface area (Å²) in [6, 6.07) is 0.528. The molecular weight excluding hydrogens is 276 g/mol. The minimum Gasteiger partial charge on any atom is -0.476 e. The van der Waals surface area contributed by atoms with Gasteiger partial charge in [0.15, 0.2) is 5.82 Å². The van der Waals surface area contributed by atoms with Crippen molar-refractivity contribution < 1.29 is 4.74 Å². The fourth-order valence-electron chi connectivity index (χ4n) is 2.96. The quantitative estimate of drug-likeness (QED) is 0.748. The predicted molar refractivity (Wildman–Crippen MR) is 89.3 cm³/mol. The molecule has 2 fully saturated rings. The molecule has 0 aliphatic heterocycles. The number of nitrogen functional groups attached to an aromatic ring is 1. The Bertz CT molecular complexity index is 496. The number of anilines is 2. The van der Waals surface area contributed by atoms with Gasteiger partial charge in [0, 0.05) is 12.0 Å². The lowest BCUT2D eigenvalue weighted by Crippen LogP contribution is -2.15. The second-order valence-corrected chi connectivity index (χ2v) is 6.60. The molecule has 122 valence electrons. The number of ether oxygens (including phenoxy) is 1. The second kappa shape index (κ2) is 7.16. The molecule has 2 aliphatic carbocycles. The minimum absolute atomic E-state index is 0.461. The molecule has 0 saturated heterocycles. The van der Waals surface area contributed by atoms with Gasteiger partial charge in [0.2, 0.25) is 5.88 Å². The number of aromatic nitrogens is 2. The summed E-state index contributed by atoms with van der Waals surface area (Å²) in [6.45, 7) is 2.82. The fraction of sp³-hybridized carbons (Fsp3) is 0.765. The summed E-state index contributed by atoms with van der Waals surface area (Å²) in [6.07, 6.45) is 10.8. The van der Waals surface area contributed by atoms with Gasteiger partial charge in [-0.05, 0) is 32.1 Å². The Labute approximate surface area is 133 Å². The van der Waals surface area contributed by atoms with Gasteiger partial charge in [-0.15, -0.1) is 0 Å². The summed E-state index contributed by atoms with van der Waals surface area (Å²) in [7, 11) is 0. The van der Waals surface area contributed by atoms with Crippen LogP contribution in [0.3, 0.4) is 0 Å². The molecule has 1 aromatic heterocycles. The number of nitrogens with zero attached hydrogens (tertiary/aromatic N) is 2. The molecule has 0 spiro atoms. The number of nitrogens with two attached hydrogens (primary N) is 1. The molecule has 2 aliphatic rings. The van der Waals surface area contributed by atoms with Crippen molar-refractivity contribution in [3.8, 4) is 5.88 Å². The smallest absolute Gasteiger partial charge is 0.242 e. The Hall–Kier alpha value is -1.52. The number of hydrogen-bond acceptors (Lipinski definition) is 5. The molecule has 5 nitrogen and oxygen atoms in total. The van der Waals surface area contributed by atoms with Crippen LogP contribution in [0.4, 0.5) is 11.5 Å². The lowest BCUT2D eigenvalue weighted by atomic mass is 9.88. The molecular formula is C17H28N4O. The maximum Gasteiger partial charge on any atom is 0.242 e. The molecule has 0 radical (unpaired) electrons. The van der Waals surface area contributed by atoms with E-state index in [1.54, 1.807) is 0 Å². The first-order valence-electron chi connectivity index (χ1n) is 8.84. The summed E-state index contributed by atoms with van der Waals surface area (Å²) in [5.41, 5.74) is 6.80. The van der Waals surface area contributed by atoms with Crippen molar-refractivity contribution in [1.29, 1.82) is 0 Å². The van der Waals surface area contributed by atoms with Crippen molar-refractivity contribution in [2.75, 3.05) is 17.7 Å². The van der Waals surface area contributed by atoms with Crippen molar-refractivity contribution in [2.24, 2.45) is 0 Å². The zero-order valence-corrected chi connectivity index (χ0v) is 13.6. The van der Waals surface area contributed by atoms with Crippen LogP contribution in [0.25, 0.3) is 0 Å². The van der Waals surface area contributed by atoms with E-state index >= 15 is 0 Å². The summed E-state index contributed by atoms with van der Waals surface area (Å²) in [5.74, 6) is 2.74. The largest absolute Gasteiger partial charge is 0.476 e. The van der Waals surface area contributed by atoms with E-state index in [9.17, 15) is 0 Å². The third kappa shape index (κ3) is 3.81. The lowest BCUT2D eigenvalue weighted by molar-refractivity contribution is 0.296. The Morgan fingerprint density at radius 2 is 1.91 bits per heavy atom. The van der Waals surface area contributed by atoms with E-state index in [4.69, 9.17) is 15.5 Å². The zero-order chi connectivity index (χ0) is 15.4. The first kappa shape index (κ1) is 15.4. The van der Waals surface area contributed by atoms with Crippen LogP contribution >= 0.6 is 0 Å². The summed E-state index contributed by atoms with van der Waals surface area (Å²) < 4.78 is 5.84. The van der Waals surface area contributed by atoms with E-state index < -0.39 is 0 Å². The summed E-state index contributed by atoms with van der Waals surface area (Å²) >= 11 is 0. The number of rotatable bonds is 7. The topological polar surface area (TPSA) is 73.1 Å². The molecule has 1 aromatic rings. The van der Waals surface area contributed by atoms with Crippen molar-refractivity contribution in [1.82, 2.24) is 9.97 Å². The monoisotopic (exact) mass is 304 g/mol. The van der Waals surface area contributed by atoms with Crippen LogP contribution in [0.2, 0.25) is 0 Å². The highest BCUT2D eigenvalue weighted by molar-refractivity contribution is 5.67. The van der Waals surface area contributed by atoms with Crippen LogP contribution in [-0.2, 0) is 0 Å². The fourth-order valence-corrected chi connectivity index (χ4v) is 2.96. The highest BCUT2D eigenvalue weighted by Crippen LogP contribution is 2.36. The lowest BCUT2D eigenvalue weighted by Gasteiger charge is -2.22. The third-order valence-corrected chi connectivity index (χ3v) is 4.55. The first-order valence-corrected chi connectivity index (χ1v) is 8.84. The van der Waals surface area contributed by atoms with Crippen molar-refractivity contribution >= 4 is 11.5 Å². The van der Waals surface area contributed by atoms with Crippen LogP contribution in [0, 0.1) is 0 Å². The average molecular weight is 304 g/mol. The van der Waals surface area contributed by atoms with Crippen molar-refractivity contribution in [3.05, 3.63) is 5.82 Å². The molecule has 1 heterocycles. The van der Waals surface area contributed by atoms with Crippen LogP contribution in [0.5, 0.6) is 5.88 Å². The minimum atomic E-state index is 0.461. The summed E-state index contributed by atoms with van der Waals surface area (Å²) in [5, 5.41) is 3.44. The zero-order valence-electron chi connectivity index (χ0n) is 13.6. The van der Waals surface area contributed by atoms with Gasteiger partial charge < -0.3 is 15.8 Å². The van der Waals surface area contributed by atoms with E-state index in [1.807, 2.05) is 0 Å². The summed E-state index contributed by atoms with van der Waals surface area (Å²) in [4.78, 5) is 9.40. The van der Waals surface area contributed by atoms with E-state index in [0.717, 1.165) is 24.5 Å². The number of nitrogens with one attached hydrogen (secondary N) is 1. The molecule has 0 aromatic carbocycles. The van der Waals surface area contributed by atoms with Gasteiger partial charge in [0.1, 0.15) is 11.5 Å². The van der Waals surface area contributed by atoms with Gasteiger partial charge >= 0.3 is 0 Å². The Morgan fingerprint density at radius 3 is 2.59 bits per heavy atom. The van der Waals surface area contributed by atoms with E-state index in [2.05, 4.69) is 17.2 Å². The molecule has 0 amide bonds. The van der Waals surface area contributed by atoms with Crippen LogP contribution in [0.15, 0.2) is 0 Å². The standard InChI is InChI=1S/C17H28N4O/c1-2-3-11-22-17-14(18)16(19-13-9-10-13)20-15(21-17)12-7-5-4-6-8-12/h12-13H,2-11,18H2,1H3,(H,19,20,21). The van der Waals surface area contributed by atoms with Gasteiger partial charge in [-0.1, -0.05) is 32.6 Å². The normalized spacial score (nSPS) is 19.1. The molecule has 2 saturated carbocycles. The Kier molecular flexibility index (Phi) is 5.01. The Balaban J connectivity index is 1.81. The maximum atomic E-state index is 6.23. The molecule has 3 rings (SSSR count).